The van der Waals surface area contributed by atoms with Crippen LogP contribution in [0.25, 0.3) is 0 Å². The van der Waals surface area contributed by atoms with E-state index in [1.807, 2.05) is 13.0 Å². The van der Waals surface area contributed by atoms with Crippen molar-refractivity contribution in [1.29, 1.82) is 0 Å². The van der Waals surface area contributed by atoms with Gasteiger partial charge in [0.2, 0.25) is 0 Å². The summed E-state index contributed by atoms with van der Waals surface area (Å²) in [4.78, 5) is 23.7. The summed E-state index contributed by atoms with van der Waals surface area (Å²) in [5.74, 6) is -0.0654. The molecule has 2 aliphatic rings. The zero-order valence-electron chi connectivity index (χ0n) is 28.2. The van der Waals surface area contributed by atoms with Gasteiger partial charge in [-0.05, 0) is 51.5 Å². The lowest BCUT2D eigenvalue weighted by Crippen LogP contribution is -2.33. The summed E-state index contributed by atoms with van der Waals surface area (Å²) in [6.45, 7) is 4.08. The SMILES string of the molecule is CCCCCCCCCCCC[C@@H](O)[C@H]1CC[C@H]([C@H](O)C[C@@H](O)CCCCCCCCCC(=O)CCC2=C[C@H](C)OC2=O)O1. The van der Waals surface area contributed by atoms with E-state index >= 15 is 0 Å². The first-order valence-electron chi connectivity index (χ1n) is 18.4. The molecular weight excluding hydrogens is 556 g/mol. The molecule has 0 radical (unpaired) electrons. The van der Waals surface area contributed by atoms with Gasteiger partial charge in [-0.25, -0.2) is 4.79 Å². The second kappa shape index (κ2) is 24.0. The van der Waals surface area contributed by atoms with Crippen molar-refractivity contribution >= 4 is 11.8 Å². The number of Topliss-reactive ketones (excluding diaryl/α,β-unsaturated/α-hetero) is 1. The largest absolute Gasteiger partial charge is 0.455 e. The van der Waals surface area contributed by atoms with Crippen LogP contribution in [-0.4, -0.2) is 63.7 Å². The molecule has 0 unspecified atom stereocenters. The van der Waals surface area contributed by atoms with Gasteiger partial charge < -0.3 is 24.8 Å². The number of esters is 1. The molecule has 6 atom stereocenters. The Morgan fingerprint density at radius 2 is 1.27 bits per heavy atom. The average Bonchev–Trinajstić information content (AvgIpc) is 3.62. The number of ether oxygens (including phenoxy) is 2. The van der Waals surface area contributed by atoms with Crippen LogP contribution in [0.2, 0.25) is 0 Å². The van der Waals surface area contributed by atoms with E-state index in [1.54, 1.807) is 0 Å². The van der Waals surface area contributed by atoms with Crippen LogP contribution < -0.4 is 0 Å². The number of unbranched alkanes of at least 4 members (excludes halogenated alkanes) is 15. The van der Waals surface area contributed by atoms with Crippen molar-refractivity contribution in [2.24, 2.45) is 0 Å². The lowest BCUT2D eigenvalue weighted by atomic mass is 9.98. The van der Waals surface area contributed by atoms with Crippen molar-refractivity contribution in [3.8, 4) is 0 Å². The smallest absolute Gasteiger partial charge is 0.334 e. The second-order valence-electron chi connectivity index (χ2n) is 13.6. The Morgan fingerprint density at radius 3 is 1.84 bits per heavy atom. The highest BCUT2D eigenvalue weighted by Crippen LogP contribution is 2.28. The first-order valence-corrected chi connectivity index (χ1v) is 18.4. The predicted molar refractivity (Wildman–Crippen MR) is 176 cm³/mol. The summed E-state index contributed by atoms with van der Waals surface area (Å²) in [7, 11) is 0. The van der Waals surface area contributed by atoms with E-state index in [-0.39, 0.29) is 30.1 Å². The van der Waals surface area contributed by atoms with E-state index < -0.39 is 18.3 Å². The minimum absolute atomic E-state index is 0.174. The minimum atomic E-state index is -0.686. The topological polar surface area (TPSA) is 113 Å². The number of carbonyl (C=O) groups is 2. The molecule has 0 saturated carbocycles. The molecule has 0 amide bonds. The van der Waals surface area contributed by atoms with Crippen LogP contribution in [0.4, 0.5) is 0 Å². The highest BCUT2D eigenvalue weighted by Gasteiger charge is 2.35. The molecule has 3 N–H and O–H groups in total. The Hall–Kier alpha value is -1.28. The number of cyclic esters (lactones) is 1. The molecule has 0 aromatic rings. The monoisotopic (exact) mass is 622 g/mol. The maximum Gasteiger partial charge on any atom is 0.334 e. The summed E-state index contributed by atoms with van der Waals surface area (Å²) in [5, 5.41) is 31.7. The van der Waals surface area contributed by atoms with Crippen molar-refractivity contribution in [2.75, 3.05) is 0 Å². The lowest BCUT2D eigenvalue weighted by molar-refractivity contribution is -0.139. The molecule has 44 heavy (non-hydrogen) atoms. The lowest BCUT2D eigenvalue weighted by Gasteiger charge is -2.23. The van der Waals surface area contributed by atoms with Crippen LogP contribution in [0, 0.1) is 0 Å². The second-order valence-corrected chi connectivity index (χ2v) is 13.6. The van der Waals surface area contributed by atoms with Gasteiger partial charge in [-0.15, -0.1) is 0 Å². The molecule has 0 spiro atoms. The van der Waals surface area contributed by atoms with E-state index in [0.717, 1.165) is 77.0 Å². The fourth-order valence-electron chi connectivity index (χ4n) is 6.63. The van der Waals surface area contributed by atoms with Crippen molar-refractivity contribution in [3.63, 3.8) is 0 Å². The van der Waals surface area contributed by atoms with Crippen molar-refractivity contribution < 1.29 is 34.4 Å². The Kier molecular flexibility index (Phi) is 21.2. The third-order valence-electron chi connectivity index (χ3n) is 9.47. The van der Waals surface area contributed by atoms with E-state index in [1.165, 1.54) is 51.4 Å². The number of rotatable bonds is 28. The molecule has 1 saturated heterocycles. The molecule has 2 heterocycles. The van der Waals surface area contributed by atoms with Crippen molar-refractivity contribution in [1.82, 2.24) is 0 Å². The van der Waals surface area contributed by atoms with Gasteiger partial charge in [-0.3, -0.25) is 4.79 Å². The van der Waals surface area contributed by atoms with Crippen molar-refractivity contribution in [2.45, 2.75) is 211 Å². The van der Waals surface area contributed by atoms with Gasteiger partial charge >= 0.3 is 5.97 Å². The van der Waals surface area contributed by atoms with Gasteiger partial charge in [0, 0.05) is 24.8 Å². The standard InChI is InChI=1S/C37H66O7/c1-3-4-5-6-7-8-9-13-16-19-22-33(40)35-25-26-36(44-35)34(41)28-32(39)21-18-15-12-10-11-14-17-20-31(38)24-23-30-27-29(2)43-37(30)42/h27,29,32-36,39-41H,3-26,28H2,1-2H3/t29-,32-,33+,34+,35+,36+/m0/s1. The van der Waals surface area contributed by atoms with Crippen LogP contribution in [0.5, 0.6) is 0 Å². The number of carbonyl (C=O) groups excluding carboxylic acids is 2. The van der Waals surface area contributed by atoms with Crippen LogP contribution in [0.3, 0.4) is 0 Å². The number of hydrogen-bond donors (Lipinski definition) is 3. The molecule has 0 bridgehead atoms. The number of hydrogen-bond acceptors (Lipinski definition) is 7. The van der Waals surface area contributed by atoms with Crippen LogP contribution >= 0.6 is 0 Å². The zero-order valence-corrected chi connectivity index (χ0v) is 28.2. The van der Waals surface area contributed by atoms with E-state index in [4.69, 9.17) is 9.47 Å². The van der Waals surface area contributed by atoms with E-state index in [0.29, 0.717) is 37.7 Å². The highest BCUT2D eigenvalue weighted by atomic mass is 16.5. The van der Waals surface area contributed by atoms with Gasteiger partial charge in [0.25, 0.3) is 0 Å². The molecule has 2 rings (SSSR count). The summed E-state index contributed by atoms with van der Waals surface area (Å²) >= 11 is 0. The third kappa shape index (κ3) is 17.4. The van der Waals surface area contributed by atoms with Gasteiger partial charge in [0.15, 0.2) is 0 Å². The molecule has 1 fully saturated rings. The highest BCUT2D eigenvalue weighted by molar-refractivity contribution is 5.91. The Morgan fingerprint density at radius 1 is 0.750 bits per heavy atom. The van der Waals surface area contributed by atoms with Gasteiger partial charge in [0.1, 0.15) is 11.9 Å². The maximum absolute atomic E-state index is 12.1. The van der Waals surface area contributed by atoms with Crippen LogP contribution in [0.1, 0.15) is 174 Å². The van der Waals surface area contributed by atoms with Crippen LogP contribution in [0.15, 0.2) is 11.6 Å². The summed E-state index contributed by atoms with van der Waals surface area (Å²) in [6, 6.07) is 0. The normalized spacial score (nSPS) is 22.2. The summed E-state index contributed by atoms with van der Waals surface area (Å²) in [6.07, 6.45) is 24.4. The fraction of sp³-hybridized carbons (Fsp3) is 0.892. The fourth-order valence-corrected chi connectivity index (χ4v) is 6.63. The zero-order chi connectivity index (χ0) is 32.0. The van der Waals surface area contributed by atoms with Crippen molar-refractivity contribution in [3.05, 3.63) is 11.6 Å². The molecule has 256 valence electrons. The Bertz CT molecular complexity index is 797. The van der Waals surface area contributed by atoms with E-state index in [9.17, 15) is 24.9 Å². The molecule has 0 aliphatic carbocycles. The summed E-state index contributed by atoms with van der Waals surface area (Å²) in [5.41, 5.74) is 0.635. The minimum Gasteiger partial charge on any atom is -0.455 e. The first kappa shape index (κ1) is 38.9. The van der Waals surface area contributed by atoms with Gasteiger partial charge in [0.05, 0.1) is 30.5 Å². The quantitative estimate of drug-likeness (QED) is 0.0598. The van der Waals surface area contributed by atoms with Gasteiger partial charge in [-0.1, -0.05) is 110 Å². The molecule has 2 aliphatic heterocycles. The predicted octanol–water partition coefficient (Wildman–Crippen LogP) is 8.05. The summed E-state index contributed by atoms with van der Waals surface area (Å²) < 4.78 is 11.1. The molecule has 7 nitrogen and oxygen atoms in total. The average molecular weight is 623 g/mol. The number of ketones is 1. The molecule has 7 heteroatoms. The van der Waals surface area contributed by atoms with Crippen LogP contribution in [-0.2, 0) is 19.1 Å². The first-order chi connectivity index (χ1) is 21.3. The molecule has 0 aromatic heterocycles. The number of aliphatic hydroxyl groups excluding tert-OH is 3. The number of aliphatic hydroxyl groups is 3. The molecule has 0 aromatic carbocycles. The van der Waals surface area contributed by atoms with E-state index in [2.05, 4.69) is 6.92 Å². The Labute approximate surface area is 268 Å². The maximum atomic E-state index is 12.1. The molecular formula is C37H66O7. The third-order valence-corrected chi connectivity index (χ3v) is 9.47. The Balaban J connectivity index is 1.39. The van der Waals surface area contributed by atoms with Gasteiger partial charge in [-0.2, -0.15) is 0 Å².